The predicted molar refractivity (Wildman–Crippen MR) is 111 cm³/mol. The van der Waals surface area contributed by atoms with E-state index in [2.05, 4.69) is 26.2 Å². The Morgan fingerprint density at radius 3 is 2.89 bits per heavy atom. The van der Waals surface area contributed by atoms with Crippen molar-refractivity contribution in [2.75, 3.05) is 12.4 Å². The van der Waals surface area contributed by atoms with Crippen molar-refractivity contribution in [2.45, 2.75) is 6.61 Å². The number of nitrogens with one attached hydrogen (secondary N) is 1. The highest BCUT2D eigenvalue weighted by Gasteiger charge is 2.14. The van der Waals surface area contributed by atoms with Crippen molar-refractivity contribution in [1.29, 1.82) is 0 Å². The molecule has 142 valence electrons. The van der Waals surface area contributed by atoms with Crippen LogP contribution in [0.25, 0.3) is 10.2 Å². The summed E-state index contributed by atoms with van der Waals surface area (Å²) in [5, 5.41) is 3.26. The number of ether oxygens (including phenoxy) is 2. The van der Waals surface area contributed by atoms with Crippen LogP contribution in [0.5, 0.6) is 11.5 Å². The lowest BCUT2D eigenvalue weighted by Crippen LogP contribution is -2.10. The van der Waals surface area contributed by atoms with Gasteiger partial charge in [-0.15, -0.1) is 0 Å². The number of halogens is 1. The molecule has 0 aliphatic rings. The molecule has 0 spiro atoms. The first-order chi connectivity index (χ1) is 13.6. The summed E-state index contributed by atoms with van der Waals surface area (Å²) in [5.41, 5.74) is 0.766. The van der Waals surface area contributed by atoms with Gasteiger partial charge in [0.05, 0.1) is 17.3 Å². The molecule has 0 atom stereocenters. The van der Waals surface area contributed by atoms with Gasteiger partial charge in [-0.2, -0.15) is 0 Å². The van der Waals surface area contributed by atoms with Crippen LogP contribution >= 0.6 is 27.3 Å². The molecule has 28 heavy (non-hydrogen) atoms. The number of benzene rings is 2. The molecule has 1 amide bonds. The predicted octanol–water partition coefficient (Wildman–Crippen LogP) is 5.49. The minimum Gasteiger partial charge on any atom is -0.497 e. The molecule has 2 aromatic heterocycles. The third-order valence-corrected chi connectivity index (χ3v) is 5.32. The van der Waals surface area contributed by atoms with E-state index in [1.807, 2.05) is 42.5 Å². The molecule has 0 fully saturated rings. The van der Waals surface area contributed by atoms with Gasteiger partial charge in [-0.05, 0) is 42.5 Å². The van der Waals surface area contributed by atoms with Crippen molar-refractivity contribution in [3.63, 3.8) is 0 Å². The van der Waals surface area contributed by atoms with E-state index in [-0.39, 0.29) is 18.3 Å². The molecule has 6 nitrogen and oxygen atoms in total. The number of anilines is 1. The van der Waals surface area contributed by atoms with E-state index in [0.717, 1.165) is 20.4 Å². The Hall–Kier alpha value is -2.84. The van der Waals surface area contributed by atoms with Crippen LogP contribution in [0.15, 0.2) is 63.5 Å². The quantitative estimate of drug-likeness (QED) is 0.413. The summed E-state index contributed by atoms with van der Waals surface area (Å²) in [7, 11) is 1.60. The van der Waals surface area contributed by atoms with E-state index in [0.29, 0.717) is 16.6 Å². The van der Waals surface area contributed by atoms with E-state index in [4.69, 9.17) is 13.9 Å². The Balaban J connectivity index is 1.41. The molecule has 8 heteroatoms. The van der Waals surface area contributed by atoms with Crippen LogP contribution in [0.2, 0.25) is 0 Å². The van der Waals surface area contributed by atoms with E-state index < -0.39 is 0 Å². The van der Waals surface area contributed by atoms with Crippen LogP contribution < -0.4 is 14.8 Å². The Bertz CT molecular complexity index is 1140. The average Bonchev–Trinajstić information content (AvgIpc) is 3.32. The van der Waals surface area contributed by atoms with Crippen molar-refractivity contribution >= 4 is 48.5 Å². The molecule has 4 aromatic rings. The third kappa shape index (κ3) is 4.18. The monoisotopic (exact) mass is 458 g/mol. The number of hydrogen-bond acceptors (Lipinski definition) is 6. The number of carbonyl (C=O) groups is 1. The van der Waals surface area contributed by atoms with Crippen LogP contribution in [0.1, 0.15) is 16.3 Å². The summed E-state index contributed by atoms with van der Waals surface area (Å²) in [6.45, 7) is 0.227. The maximum Gasteiger partial charge on any atom is 0.293 e. The van der Waals surface area contributed by atoms with Gasteiger partial charge >= 0.3 is 0 Å². The van der Waals surface area contributed by atoms with Crippen LogP contribution in [-0.4, -0.2) is 18.0 Å². The second-order valence-corrected chi connectivity index (χ2v) is 7.77. The normalized spacial score (nSPS) is 10.8. The van der Waals surface area contributed by atoms with Gasteiger partial charge in [0.1, 0.15) is 23.9 Å². The smallest absolute Gasteiger partial charge is 0.293 e. The zero-order valence-corrected chi connectivity index (χ0v) is 17.2. The lowest BCUT2D eigenvalue weighted by molar-refractivity contribution is 0.0992. The number of carbonyl (C=O) groups excluding carboxylic acids is 1. The van der Waals surface area contributed by atoms with Gasteiger partial charge in [0.2, 0.25) is 0 Å². The van der Waals surface area contributed by atoms with E-state index in [1.165, 1.54) is 11.3 Å². The molecule has 2 heterocycles. The number of rotatable bonds is 6. The Morgan fingerprint density at radius 2 is 2.07 bits per heavy atom. The lowest BCUT2D eigenvalue weighted by atomic mass is 10.3. The molecular weight excluding hydrogens is 444 g/mol. The highest BCUT2D eigenvalue weighted by atomic mass is 79.9. The summed E-state index contributed by atoms with van der Waals surface area (Å²) >= 11 is 4.78. The fourth-order valence-corrected chi connectivity index (χ4v) is 3.75. The molecule has 0 aliphatic carbocycles. The van der Waals surface area contributed by atoms with Gasteiger partial charge in [-0.25, -0.2) is 4.98 Å². The van der Waals surface area contributed by atoms with Gasteiger partial charge in [0, 0.05) is 10.5 Å². The number of amides is 1. The van der Waals surface area contributed by atoms with Gasteiger partial charge in [0.15, 0.2) is 10.9 Å². The van der Waals surface area contributed by atoms with Crippen molar-refractivity contribution < 1.29 is 18.7 Å². The summed E-state index contributed by atoms with van der Waals surface area (Å²) in [4.78, 5) is 16.8. The Morgan fingerprint density at radius 1 is 1.18 bits per heavy atom. The molecule has 0 saturated carbocycles. The minimum absolute atomic E-state index is 0.199. The average molecular weight is 459 g/mol. The first kappa shape index (κ1) is 18.5. The first-order valence-corrected chi connectivity index (χ1v) is 9.95. The number of fused-ring (bicyclic) bond motifs is 1. The summed E-state index contributed by atoms with van der Waals surface area (Å²) in [5.74, 6) is 1.82. The molecular formula is C20H15BrN2O4S. The highest BCUT2D eigenvalue weighted by Crippen LogP contribution is 2.29. The lowest BCUT2D eigenvalue weighted by Gasteiger charge is -2.04. The summed E-state index contributed by atoms with van der Waals surface area (Å²) in [6, 6.07) is 16.4. The second kappa shape index (κ2) is 8.04. The van der Waals surface area contributed by atoms with Crippen molar-refractivity contribution in [1.82, 2.24) is 4.98 Å². The van der Waals surface area contributed by atoms with Crippen LogP contribution in [0, 0.1) is 0 Å². The van der Waals surface area contributed by atoms with Gasteiger partial charge in [-0.3, -0.25) is 10.1 Å². The highest BCUT2D eigenvalue weighted by molar-refractivity contribution is 9.10. The molecule has 0 saturated heterocycles. The number of nitrogens with zero attached hydrogens (tertiary/aromatic N) is 1. The van der Waals surface area contributed by atoms with Crippen LogP contribution in [-0.2, 0) is 6.61 Å². The Labute approximate surface area is 173 Å². The van der Waals surface area contributed by atoms with E-state index in [1.54, 1.807) is 19.2 Å². The number of aromatic nitrogens is 1. The summed E-state index contributed by atoms with van der Waals surface area (Å²) in [6.07, 6.45) is 0. The molecule has 2 aromatic carbocycles. The van der Waals surface area contributed by atoms with Crippen molar-refractivity contribution in [3.8, 4) is 11.5 Å². The maximum atomic E-state index is 12.4. The van der Waals surface area contributed by atoms with Crippen LogP contribution in [0.3, 0.4) is 0 Å². The van der Waals surface area contributed by atoms with Crippen molar-refractivity contribution in [3.05, 3.63) is 70.6 Å². The standard InChI is InChI=1S/C20H15BrN2O4S/c1-25-13-6-8-18-16(10-13)22-20(28-18)23-19(24)17-7-5-15(27-17)11-26-14-4-2-3-12(21)9-14/h2-10H,11H2,1H3,(H,22,23,24). The fraction of sp³-hybridized carbons (Fsp3) is 0.100. The maximum absolute atomic E-state index is 12.4. The van der Waals surface area contributed by atoms with Crippen LogP contribution in [0.4, 0.5) is 5.13 Å². The third-order valence-electron chi connectivity index (χ3n) is 3.88. The molecule has 0 aliphatic heterocycles. The fourth-order valence-electron chi connectivity index (χ4n) is 2.54. The topological polar surface area (TPSA) is 73.6 Å². The number of methoxy groups -OCH3 is 1. The second-order valence-electron chi connectivity index (χ2n) is 5.82. The first-order valence-electron chi connectivity index (χ1n) is 8.34. The minimum atomic E-state index is -0.361. The largest absolute Gasteiger partial charge is 0.497 e. The van der Waals surface area contributed by atoms with E-state index >= 15 is 0 Å². The SMILES string of the molecule is COc1ccc2sc(NC(=O)c3ccc(COc4cccc(Br)c4)o3)nc2c1. The molecule has 4 rings (SSSR count). The number of thiazole rings is 1. The molecule has 0 unspecified atom stereocenters. The van der Waals surface area contributed by atoms with Gasteiger partial charge in [0.25, 0.3) is 5.91 Å². The van der Waals surface area contributed by atoms with E-state index in [9.17, 15) is 4.79 Å². The zero-order valence-electron chi connectivity index (χ0n) is 14.8. The Kier molecular flexibility index (Phi) is 5.31. The van der Waals surface area contributed by atoms with Crippen molar-refractivity contribution in [2.24, 2.45) is 0 Å². The molecule has 0 bridgehead atoms. The molecule has 0 radical (unpaired) electrons. The van der Waals surface area contributed by atoms with Gasteiger partial charge in [-0.1, -0.05) is 33.3 Å². The zero-order chi connectivity index (χ0) is 19.5. The summed E-state index contributed by atoms with van der Waals surface area (Å²) < 4.78 is 18.3. The van der Waals surface area contributed by atoms with Gasteiger partial charge < -0.3 is 13.9 Å². The molecule has 1 N–H and O–H groups in total. The number of furan rings is 1. The number of hydrogen-bond donors (Lipinski definition) is 1.